The molecule has 1 rings (SSSR count). The maximum absolute atomic E-state index is 11.2. The van der Waals surface area contributed by atoms with Gasteiger partial charge in [0.25, 0.3) is 0 Å². The first kappa shape index (κ1) is 11.7. The summed E-state index contributed by atoms with van der Waals surface area (Å²) in [4.78, 5) is 11.2. The minimum atomic E-state index is -0.537. The molecule has 2 N–H and O–H groups in total. The Balaban J connectivity index is 2.33. The van der Waals surface area contributed by atoms with Gasteiger partial charge in [0.15, 0.2) is 0 Å². The predicted molar refractivity (Wildman–Crippen MR) is 56.1 cm³/mol. The average molecular weight is 211 g/mol. The lowest BCUT2D eigenvalue weighted by molar-refractivity contribution is -0.144. The van der Waals surface area contributed by atoms with Gasteiger partial charge >= 0.3 is 5.97 Å². The molecule has 0 saturated carbocycles. The molecule has 0 spiro atoms. The Morgan fingerprint density at radius 1 is 1.73 bits per heavy atom. The minimum absolute atomic E-state index is 0.332. The number of nitrogens with two attached hydrogens (primary N) is 1. The van der Waals surface area contributed by atoms with Crippen molar-refractivity contribution in [3.63, 3.8) is 0 Å². The van der Waals surface area contributed by atoms with Crippen LogP contribution in [0.15, 0.2) is 12.4 Å². The number of aromatic nitrogens is 2. The van der Waals surface area contributed by atoms with Gasteiger partial charge in [0.05, 0.1) is 12.8 Å². The van der Waals surface area contributed by atoms with Gasteiger partial charge < -0.3 is 10.5 Å². The fraction of sp³-hybridized carbons (Fsp3) is 0.600. The summed E-state index contributed by atoms with van der Waals surface area (Å²) in [7, 11) is 1.86. The molecule has 84 valence electrons. The standard InChI is InChI=1S/C10H17N3O2/c1-3-15-10(14)9(11)5-4-8-6-12-13(2)7-8/h6-7,9H,3-5,11H2,1-2H3. The topological polar surface area (TPSA) is 70.1 Å². The fourth-order valence-electron chi connectivity index (χ4n) is 1.29. The van der Waals surface area contributed by atoms with Crippen molar-refractivity contribution in [1.82, 2.24) is 9.78 Å². The normalized spacial score (nSPS) is 12.5. The van der Waals surface area contributed by atoms with Crippen LogP contribution in [-0.4, -0.2) is 28.4 Å². The first-order valence-electron chi connectivity index (χ1n) is 5.03. The molecular weight excluding hydrogens is 194 g/mol. The van der Waals surface area contributed by atoms with E-state index in [-0.39, 0.29) is 5.97 Å². The number of carbonyl (C=O) groups excluding carboxylic acids is 1. The van der Waals surface area contributed by atoms with Crippen LogP contribution in [0.25, 0.3) is 0 Å². The summed E-state index contributed by atoms with van der Waals surface area (Å²) in [6.45, 7) is 2.14. The molecule has 0 amide bonds. The Bertz CT molecular complexity index is 322. The zero-order chi connectivity index (χ0) is 11.3. The number of hydrogen-bond donors (Lipinski definition) is 1. The van der Waals surface area contributed by atoms with Crippen molar-refractivity contribution in [2.45, 2.75) is 25.8 Å². The van der Waals surface area contributed by atoms with Crippen LogP contribution in [0.1, 0.15) is 18.9 Å². The highest BCUT2D eigenvalue weighted by molar-refractivity contribution is 5.75. The molecule has 1 atom stereocenters. The molecule has 0 aromatic carbocycles. The Labute approximate surface area is 89.2 Å². The zero-order valence-corrected chi connectivity index (χ0v) is 9.14. The third kappa shape index (κ3) is 3.71. The van der Waals surface area contributed by atoms with Crippen LogP contribution in [0.4, 0.5) is 0 Å². The average Bonchev–Trinajstić information content (AvgIpc) is 2.61. The minimum Gasteiger partial charge on any atom is -0.465 e. The molecule has 0 bridgehead atoms. The van der Waals surface area contributed by atoms with Gasteiger partial charge in [-0.25, -0.2) is 0 Å². The SMILES string of the molecule is CCOC(=O)C(N)CCc1cnn(C)c1. The zero-order valence-electron chi connectivity index (χ0n) is 9.14. The van der Waals surface area contributed by atoms with Gasteiger partial charge in [0.2, 0.25) is 0 Å². The van der Waals surface area contributed by atoms with Crippen molar-refractivity contribution in [3.05, 3.63) is 18.0 Å². The predicted octanol–water partition coefficient (Wildman–Crippen LogP) is 0.243. The Hall–Kier alpha value is -1.36. The second-order valence-corrected chi connectivity index (χ2v) is 3.42. The quantitative estimate of drug-likeness (QED) is 0.708. The van der Waals surface area contributed by atoms with E-state index in [1.165, 1.54) is 0 Å². The smallest absolute Gasteiger partial charge is 0.322 e. The molecule has 0 fully saturated rings. The first-order valence-corrected chi connectivity index (χ1v) is 5.03. The molecule has 1 heterocycles. The van der Waals surface area contributed by atoms with Crippen molar-refractivity contribution in [1.29, 1.82) is 0 Å². The molecule has 0 radical (unpaired) electrons. The molecule has 0 saturated heterocycles. The lowest BCUT2D eigenvalue weighted by atomic mass is 10.1. The van der Waals surface area contributed by atoms with Crippen LogP contribution in [-0.2, 0) is 23.0 Å². The van der Waals surface area contributed by atoms with Crippen LogP contribution in [0, 0.1) is 0 Å². The van der Waals surface area contributed by atoms with Crippen molar-refractivity contribution in [2.75, 3.05) is 6.61 Å². The largest absolute Gasteiger partial charge is 0.465 e. The monoisotopic (exact) mass is 211 g/mol. The lowest BCUT2D eigenvalue weighted by Gasteiger charge is -2.09. The summed E-state index contributed by atoms with van der Waals surface area (Å²) in [5.74, 6) is -0.332. The molecule has 15 heavy (non-hydrogen) atoms. The van der Waals surface area contributed by atoms with Crippen LogP contribution in [0.2, 0.25) is 0 Å². The third-order valence-corrected chi connectivity index (χ3v) is 2.09. The molecule has 5 heteroatoms. The van der Waals surface area contributed by atoms with E-state index in [4.69, 9.17) is 10.5 Å². The van der Waals surface area contributed by atoms with E-state index in [9.17, 15) is 4.79 Å². The van der Waals surface area contributed by atoms with Gasteiger partial charge in [0, 0.05) is 13.2 Å². The molecule has 0 aliphatic carbocycles. The second kappa shape index (κ2) is 5.50. The van der Waals surface area contributed by atoms with Crippen LogP contribution in [0.5, 0.6) is 0 Å². The summed E-state index contributed by atoms with van der Waals surface area (Å²) in [5.41, 5.74) is 6.74. The van der Waals surface area contributed by atoms with Crippen LogP contribution < -0.4 is 5.73 Å². The van der Waals surface area contributed by atoms with E-state index in [0.29, 0.717) is 13.0 Å². The van der Waals surface area contributed by atoms with E-state index >= 15 is 0 Å². The molecule has 0 aliphatic heterocycles. The van der Waals surface area contributed by atoms with Crippen LogP contribution >= 0.6 is 0 Å². The number of nitrogens with zero attached hydrogens (tertiary/aromatic N) is 2. The summed E-state index contributed by atoms with van der Waals surface area (Å²) in [6.07, 6.45) is 5.02. The van der Waals surface area contributed by atoms with Crippen molar-refractivity contribution < 1.29 is 9.53 Å². The number of ether oxygens (including phenoxy) is 1. The Morgan fingerprint density at radius 2 is 2.47 bits per heavy atom. The highest BCUT2D eigenvalue weighted by Gasteiger charge is 2.14. The number of aryl methyl sites for hydroxylation is 2. The van der Waals surface area contributed by atoms with E-state index in [0.717, 1.165) is 12.0 Å². The maximum Gasteiger partial charge on any atom is 0.322 e. The number of carbonyl (C=O) groups is 1. The Morgan fingerprint density at radius 3 is 3.00 bits per heavy atom. The van der Waals surface area contributed by atoms with Crippen molar-refractivity contribution in [2.24, 2.45) is 12.8 Å². The molecule has 5 nitrogen and oxygen atoms in total. The molecule has 1 unspecified atom stereocenters. The van der Waals surface area contributed by atoms with Crippen LogP contribution in [0.3, 0.4) is 0 Å². The summed E-state index contributed by atoms with van der Waals surface area (Å²) >= 11 is 0. The molecular formula is C10H17N3O2. The maximum atomic E-state index is 11.2. The van der Waals surface area contributed by atoms with E-state index in [1.807, 2.05) is 13.2 Å². The fourth-order valence-corrected chi connectivity index (χ4v) is 1.29. The highest BCUT2D eigenvalue weighted by atomic mass is 16.5. The number of hydrogen-bond acceptors (Lipinski definition) is 4. The number of esters is 1. The van der Waals surface area contributed by atoms with Gasteiger partial charge in [-0.1, -0.05) is 0 Å². The lowest BCUT2D eigenvalue weighted by Crippen LogP contribution is -2.32. The molecule has 1 aromatic heterocycles. The van der Waals surface area contributed by atoms with Gasteiger partial charge in [0.1, 0.15) is 6.04 Å². The van der Waals surface area contributed by atoms with E-state index < -0.39 is 6.04 Å². The van der Waals surface area contributed by atoms with Crippen molar-refractivity contribution >= 4 is 5.97 Å². The summed E-state index contributed by atoms with van der Waals surface area (Å²) in [5, 5.41) is 4.04. The summed E-state index contributed by atoms with van der Waals surface area (Å²) in [6, 6.07) is -0.537. The highest BCUT2D eigenvalue weighted by Crippen LogP contribution is 2.03. The van der Waals surface area contributed by atoms with Gasteiger partial charge in [-0.05, 0) is 25.3 Å². The van der Waals surface area contributed by atoms with E-state index in [1.54, 1.807) is 17.8 Å². The third-order valence-electron chi connectivity index (χ3n) is 2.09. The number of rotatable bonds is 5. The van der Waals surface area contributed by atoms with Gasteiger partial charge in [-0.2, -0.15) is 5.10 Å². The first-order chi connectivity index (χ1) is 7.13. The summed E-state index contributed by atoms with van der Waals surface area (Å²) < 4.78 is 6.54. The van der Waals surface area contributed by atoms with Gasteiger partial charge in [-0.15, -0.1) is 0 Å². The second-order valence-electron chi connectivity index (χ2n) is 3.42. The Kier molecular flexibility index (Phi) is 4.30. The van der Waals surface area contributed by atoms with Crippen molar-refractivity contribution in [3.8, 4) is 0 Å². The molecule has 1 aromatic rings. The van der Waals surface area contributed by atoms with Gasteiger partial charge in [-0.3, -0.25) is 9.48 Å². The van der Waals surface area contributed by atoms with E-state index in [2.05, 4.69) is 5.10 Å². The molecule has 0 aliphatic rings.